The highest BCUT2D eigenvalue weighted by atomic mass is 16.5. The summed E-state index contributed by atoms with van der Waals surface area (Å²) in [6.45, 7) is 5.37. The average Bonchev–Trinajstić information content (AvgIpc) is 2.78. The Balaban J connectivity index is 2.55. The normalized spacial score (nSPS) is 14.2. The third-order valence-corrected chi connectivity index (χ3v) is 3.24. The minimum Gasteiger partial charge on any atom is -0.481 e. The van der Waals surface area contributed by atoms with Crippen LogP contribution in [0.25, 0.3) is 0 Å². The van der Waals surface area contributed by atoms with E-state index in [2.05, 4.69) is 10.5 Å². The van der Waals surface area contributed by atoms with Crippen LogP contribution in [0.15, 0.2) is 16.8 Å². The van der Waals surface area contributed by atoms with Crippen molar-refractivity contribution in [2.75, 3.05) is 0 Å². The lowest BCUT2D eigenvalue weighted by atomic mass is 9.76. The number of nitrogens with zero attached hydrogens (tertiary/aromatic N) is 1. The summed E-state index contributed by atoms with van der Waals surface area (Å²) in [4.78, 5) is 22.9. The highest BCUT2D eigenvalue weighted by Crippen LogP contribution is 2.31. The number of carbonyl (C=O) groups excluding carboxylic acids is 1. The first-order valence-corrected chi connectivity index (χ1v) is 5.76. The van der Waals surface area contributed by atoms with Crippen LogP contribution in [-0.2, 0) is 16.1 Å². The van der Waals surface area contributed by atoms with E-state index < -0.39 is 11.4 Å². The topological polar surface area (TPSA) is 92.4 Å². The number of carboxylic acids is 1. The molecule has 1 aromatic rings. The van der Waals surface area contributed by atoms with Gasteiger partial charge in [0.25, 0.3) is 0 Å². The first-order valence-electron chi connectivity index (χ1n) is 5.76. The molecule has 0 aliphatic carbocycles. The molecule has 1 aromatic heterocycles. The van der Waals surface area contributed by atoms with Gasteiger partial charge in [0.1, 0.15) is 0 Å². The second-order valence-electron chi connectivity index (χ2n) is 4.81. The maximum absolute atomic E-state index is 11.7. The van der Waals surface area contributed by atoms with E-state index in [4.69, 9.17) is 4.52 Å². The molecule has 0 bridgehead atoms. The predicted molar refractivity (Wildman–Crippen MR) is 63.5 cm³/mol. The fraction of sp³-hybridized carbons (Fsp3) is 0.583. The Labute approximate surface area is 105 Å². The number of amides is 1. The molecule has 0 saturated heterocycles. The van der Waals surface area contributed by atoms with Crippen LogP contribution in [-0.4, -0.2) is 22.1 Å². The van der Waals surface area contributed by atoms with Gasteiger partial charge in [0.15, 0.2) is 5.76 Å². The maximum atomic E-state index is 11.7. The summed E-state index contributed by atoms with van der Waals surface area (Å²) in [6.07, 6.45) is 1.42. The highest BCUT2D eigenvalue weighted by Gasteiger charge is 2.38. The number of nitrogens with one attached hydrogen (secondary N) is 1. The van der Waals surface area contributed by atoms with Gasteiger partial charge in [-0.25, -0.2) is 0 Å². The maximum Gasteiger partial charge on any atom is 0.310 e. The molecule has 2 N–H and O–H groups in total. The molecule has 1 heterocycles. The third-order valence-electron chi connectivity index (χ3n) is 3.24. The number of aromatic nitrogens is 1. The minimum atomic E-state index is -1.06. The van der Waals surface area contributed by atoms with Gasteiger partial charge in [-0.2, -0.15) is 0 Å². The molecule has 0 aliphatic rings. The van der Waals surface area contributed by atoms with E-state index in [1.54, 1.807) is 26.8 Å². The molecule has 1 atom stereocenters. The fourth-order valence-corrected chi connectivity index (χ4v) is 1.44. The first-order chi connectivity index (χ1) is 8.36. The lowest BCUT2D eigenvalue weighted by molar-refractivity contribution is -0.153. The molecule has 0 aromatic carbocycles. The van der Waals surface area contributed by atoms with Crippen molar-refractivity contribution in [1.29, 1.82) is 0 Å². The van der Waals surface area contributed by atoms with Gasteiger partial charge in [0.05, 0.1) is 18.2 Å². The van der Waals surface area contributed by atoms with Crippen molar-refractivity contribution in [3.05, 3.63) is 18.0 Å². The van der Waals surface area contributed by atoms with Gasteiger partial charge in [-0.1, -0.05) is 19.0 Å². The van der Waals surface area contributed by atoms with Gasteiger partial charge in [0, 0.05) is 12.5 Å². The van der Waals surface area contributed by atoms with Crippen LogP contribution in [0.2, 0.25) is 0 Å². The van der Waals surface area contributed by atoms with Crippen molar-refractivity contribution in [2.45, 2.75) is 33.7 Å². The monoisotopic (exact) mass is 254 g/mol. The summed E-state index contributed by atoms with van der Waals surface area (Å²) in [6, 6.07) is 1.64. The Hall–Kier alpha value is -1.85. The van der Waals surface area contributed by atoms with Crippen LogP contribution >= 0.6 is 0 Å². The van der Waals surface area contributed by atoms with Gasteiger partial charge >= 0.3 is 5.97 Å². The molecule has 1 unspecified atom stereocenters. The SMILES string of the molecule is CC(C)C(C)(CC(=O)NCc1ccno1)C(=O)O. The molecule has 6 nitrogen and oxygen atoms in total. The molecule has 6 heteroatoms. The van der Waals surface area contributed by atoms with Crippen molar-refractivity contribution in [2.24, 2.45) is 11.3 Å². The molecular weight excluding hydrogens is 236 g/mol. The summed E-state index contributed by atoms with van der Waals surface area (Å²) in [5.41, 5.74) is -1.06. The lowest BCUT2D eigenvalue weighted by Crippen LogP contribution is -2.39. The molecule has 0 saturated carbocycles. The molecule has 1 rings (SSSR count). The number of carboxylic acid groups (broad SMARTS) is 1. The number of rotatable bonds is 6. The Morgan fingerprint density at radius 1 is 1.56 bits per heavy atom. The lowest BCUT2D eigenvalue weighted by Gasteiger charge is -2.28. The van der Waals surface area contributed by atoms with E-state index in [1.807, 2.05) is 0 Å². The quantitative estimate of drug-likeness (QED) is 0.801. The van der Waals surface area contributed by atoms with Crippen molar-refractivity contribution < 1.29 is 19.2 Å². The summed E-state index contributed by atoms with van der Waals surface area (Å²) < 4.78 is 4.83. The number of carbonyl (C=O) groups is 2. The van der Waals surface area contributed by atoms with Gasteiger partial charge in [0.2, 0.25) is 5.91 Å². The van der Waals surface area contributed by atoms with Crippen molar-refractivity contribution >= 4 is 11.9 Å². The van der Waals surface area contributed by atoms with E-state index in [0.29, 0.717) is 5.76 Å². The standard InChI is InChI=1S/C12H18N2O4/c1-8(2)12(3,11(16)17)6-10(15)13-7-9-4-5-14-18-9/h4-5,8H,6-7H2,1-3H3,(H,13,15)(H,16,17). The Morgan fingerprint density at radius 2 is 2.22 bits per heavy atom. The largest absolute Gasteiger partial charge is 0.481 e. The van der Waals surface area contributed by atoms with Crippen LogP contribution in [0.1, 0.15) is 33.0 Å². The minimum absolute atomic E-state index is 0.0614. The van der Waals surface area contributed by atoms with Crippen molar-refractivity contribution in [3.8, 4) is 0 Å². The molecule has 18 heavy (non-hydrogen) atoms. The van der Waals surface area contributed by atoms with Gasteiger partial charge < -0.3 is 14.9 Å². The number of hydrogen-bond donors (Lipinski definition) is 2. The predicted octanol–water partition coefficient (Wildman–Crippen LogP) is 1.43. The van der Waals surface area contributed by atoms with Crippen molar-refractivity contribution in [1.82, 2.24) is 10.5 Å². The van der Waals surface area contributed by atoms with E-state index >= 15 is 0 Å². The zero-order valence-electron chi connectivity index (χ0n) is 10.8. The van der Waals surface area contributed by atoms with Crippen LogP contribution in [0, 0.1) is 11.3 Å². The molecule has 1 amide bonds. The summed E-state index contributed by atoms with van der Waals surface area (Å²) in [5, 5.41) is 15.3. The molecule has 0 fully saturated rings. The van der Waals surface area contributed by atoms with Gasteiger partial charge in [-0.3, -0.25) is 9.59 Å². The average molecular weight is 254 g/mol. The third kappa shape index (κ3) is 3.32. The van der Waals surface area contributed by atoms with Crippen molar-refractivity contribution in [3.63, 3.8) is 0 Å². The Kier molecular flexibility index (Phi) is 4.47. The molecule has 0 aliphatic heterocycles. The van der Waals surface area contributed by atoms with E-state index in [-0.39, 0.29) is 24.8 Å². The second-order valence-corrected chi connectivity index (χ2v) is 4.81. The van der Waals surface area contributed by atoms with E-state index in [1.165, 1.54) is 6.20 Å². The van der Waals surface area contributed by atoms with Crippen LogP contribution in [0.3, 0.4) is 0 Å². The molecule has 100 valence electrons. The van der Waals surface area contributed by atoms with E-state index in [9.17, 15) is 14.7 Å². The van der Waals surface area contributed by atoms with Crippen LogP contribution < -0.4 is 5.32 Å². The zero-order chi connectivity index (χ0) is 13.8. The summed E-state index contributed by atoms with van der Waals surface area (Å²) >= 11 is 0. The van der Waals surface area contributed by atoms with Crippen LogP contribution in [0.5, 0.6) is 0 Å². The molecular formula is C12H18N2O4. The smallest absolute Gasteiger partial charge is 0.310 e. The molecule has 0 radical (unpaired) electrons. The highest BCUT2D eigenvalue weighted by molar-refractivity contribution is 5.84. The summed E-state index contributed by atoms with van der Waals surface area (Å²) in [5.74, 6) is -0.881. The van der Waals surface area contributed by atoms with Gasteiger partial charge in [-0.15, -0.1) is 0 Å². The Bertz CT molecular complexity index is 414. The second kappa shape index (κ2) is 5.66. The fourth-order valence-electron chi connectivity index (χ4n) is 1.44. The number of aliphatic carboxylic acids is 1. The zero-order valence-corrected chi connectivity index (χ0v) is 10.8. The molecule has 0 spiro atoms. The van der Waals surface area contributed by atoms with E-state index in [0.717, 1.165) is 0 Å². The number of hydrogen-bond acceptors (Lipinski definition) is 4. The first kappa shape index (κ1) is 14.2. The summed E-state index contributed by atoms with van der Waals surface area (Å²) in [7, 11) is 0. The van der Waals surface area contributed by atoms with Gasteiger partial charge in [-0.05, 0) is 12.8 Å². The van der Waals surface area contributed by atoms with Crippen LogP contribution in [0.4, 0.5) is 0 Å². The Morgan fingerprint density at radius 3 is 2.67 bits per heavy atom.